The summed E-state index contributed by atoms with van der Waals surface area (Å²) in [4.78, 5) is 26.2. The summed E-state index contributed by atoms with van der Waals surface area (Å²) in [6.07, 6.45) is -4.46. The van der Waals surface area contributed by atoms with Crippen molar-refractivity contribution in [1.82, 2.24) is 9.55 Å². The van der Waals surface area contributed by atoms with Crippen LogP contribution in [0.5, 0.6) is 0 Å². The molecule has 7 N–H and O–H groups in total. The van der Waals surface area contributed by atoms with E-state index in [1.54, 1.807) is 0 Å². The third kappa shape index (κ3) is 2.25. The van der Waals surface area contributed by atoms with Gasteiger partial charge in [-0.1, -0.05) is 0 Å². The summed E-state index contributed by atoms with van der Waals surface area (Å²) in [6.45, 7) is -0.273. The molecule has 1 aliphatic heterocycles. The normalized spacial score (nSPS) is 30.1. The zero-order valence-electron chi connectivity index (χ0n) is 10.2. The summed E-state index contributed by atoms with van der Waals surface area (Å²) in [6, 6.07) is 0. The molecular formula is C10H14N4O6. The fraction of sp³-hybridized carbons (Fsp3) is 0.500. The molecule has 0 aromatic carbocycles. The third-order valence-corrected chi connectivity index (χ3v) is 3.01. The van der Waals surface area contributed by atoms with Crippen LogP contribution in [0, 0.1) is 0 Å². The average Bonchev–Trinajstić information content (AvgIpc) is 2.81. The number of amides is 2. The highest BCUT2D eigenvalue weighted by molar-refractivity contribution is 6.03. The number of aromatic nitrogens is 2. The zero-order valence-corrected chi connectivity index (χ0v) is 10.2. The van der Waals surface area contributed by atoms with Crippen molar-refractivity contribution in [3.05, 3.63) is 17.7 Å². The van der Waals surface area contributed by atoms with Gasteiger partial charge in [0.2, 0.25) is 0 Å². The quantitative estimate of drug-likeness (QED) is 0.386. The number of aliphatic hydroxyl groups is 3. The van der Waals surface area contributed by atoms with Crippen LogP contribution in [0.4, 0.5) is 0 Å². The van der Waals surface area contributed by atoms with Crippen LogP contribution in [0.1, 0.15) is 27.2 Å². The molecule has 1 aliphatic rings. The molecule has 1 aromatic rings. The van der Waals surface area contributed by atoms with Crippen LogP contribution in [0.2, 0.25) is 0 Å². The van der Waals surface area contributed by atoms with Gasteiger partial charge in [0.25, 0.3) is 11.8 Å². The van der Waals surface area contributed by atoms with E-state index in [1.165, 1.54) is 0 Å². The summed E-state index contributed by atoms with van der Waals surface area (Å²) >= 11 is 0. The second-order valence-corrected chi connectivity index (χ2v) is 4.35. The predicted molar refractivity (Wildman–Crippen MR) is 62.3 cm³/mol. The number of hydrogen-bond acceptors (Lipinski definition) is 7. The van der Waals surface area contributed by atoms with Crippen LogP contribution in [0.3, 0.4) is 0 Å². The van der Waals surface area contributed by atoms with Gasteiger partial charge in [-0.25, -0.2) is 4.98 Å². The molecule has 0 saturated carbocycles. The Morgan fingerprint density at radius 3 is 2.45 bits per heavy atom. The van der Waals surface area contributed by atoms with E-state index in [0.29, 0.717) is 0 Å². The minimum atomic E-state index is -1.54. The Kier molecular flexibility index (Phi) is 3.72. The largest absolute Gasteiger partial charge is 0.388 e. The fourth-order valence-electron chi connectivity index (χ4n) is 2.01. The smallest absolute Gasteiger partial charge is 0.269 e. The van der Waals surface area contributed by atoms with E-state index in [1.807, 2.05) is 0 Å². The van der Waals surface area contributed by atoms with Crippen LogP contribution < -0.4 is 11.5 Å². The predicted octanol–water partition coefficient (Wildman–Crippen LogP) is -3.31. The Bertz CT molecular complexity index is 544. The second-order valence-electron chi connectivity index (χ2n) is 4.35. The maximum Gasteiger partial charge on any atom is 0.269 e. The highest BCUT2D eigenvalue weighted by Crippen LogP contribution is 2.26. The molecule has 20 heavy (non-hydrogen) atoms. The van der Waals surface area contributed by atoms with E-state index < -0.39 is 36.4 Å². The summed E-state index contributed by atoms with van der Waals surface area (Å²) in [5, 5.41) is 28.8. The van der Waals surface area contributed by atoms with Gasteiger partial charge < -0.3 is 31.5 Å². The zero-order chi connectivity index (χ0) is 15.0. The van der Waals surface area contributed by atoms with Crippen LogP contribution in [-0.2, 0) is 4.74 Å². The van der Waals surface area contributed by atoms with E-state index >= 15 is 0 Å². The lowest BCUT2D eigenvalue weighted by atomic mass is 10.0. The molecule has 2 rings (SSSR count). The van der Waals surface area contributed by atoms with Gasteiger partial charge in [-0.2, -0.15) is 0 Å². The lowest BCUT2D eigenvalue weighted by molar-refractivity contribution is -0.211. The summed E-state index contributed by atoms with van der Waals surface area (Å²) < 4.78 is 6.15. The van der Waals surface area contributed by atoms with Gasteiger partial charge in [0.15, 0.2) is 11.9 Å². The topological polar surface area (TPSA) is 174 Å². The molecule has 0 unspecified atom stereocenters. The molecule has 2 heterocycles. The van der Waals surface area contributed by atoms with Crippen LogP contribution in [0.15, 0.2) is 6.33 Å². The van der Waals surface area contributed by atoms with Gasteiger partial charge >= 0.3 is 0 Å². The first-order chi connectivity index (χ1) is 9.34. The maximum atomic E-state index is 11.4. The van der Waals surface area contributed by atoms with Gasteiger partial charge in [-0.3, -0.25) is 14.2 Å². The Hall–Kier alpha value is -2.01. The number of nitrogens with two attached hydrogens (primary N) is 2. The van der Waals surface area contributed by atoms with E-state index in [-0.39, 0.29) is 18.0 Å². The van der Waals surface area contributed by atoms with Crippen molar-refractivity contribution in [3.8, 4) is 0 Å². The Morgan fingerprint density at radius 2 is 1.90 bits per heavy atom. The van der Waals surface area contributed by atoms with Crippen molar-refractivity contribution in [3.63, 3.8) is 0 Å². The number of ether oxygens (including phenoxy) is 1. The minimum absolute atomic E-state index is 0.273. The number of carbonyl (C=O) groups excluding carboxylic acids is 2. The SMILES string of the molecule is NC(=O)c1ncn([C@@H]2OC[C@H](O)[C@@H](O)[C@H]2O)c1C(N)=O. The van der Waals surface area contributed by atoms with Crippen molar-refractivity contribution >= 4 is 11.8 Å². The van der Waals surface area contributed by atoms with Gasteiger partial charge in [0, 0.05) is 0 Å². The van der Waals surface area contributed by atoms with Crippen LogP contribution in [0.25, 0.3) is 0 Å². The molecule has 0 bridgehead atoms. The number of carbonyl (C=O) groups is 2. The minimum Gasteiger partial charge on any atom is -0.388 e. The molecule has 1 saturated heterocycles. The van der Waals surface area contributed by atoms with Gasteiger partial charge in [-0.15, -0.1) is 0 Å². The van der Waals surface area contributed by atoms with Crippen molar-refractivity contribution in [1.29, 1.82) is 0 Å². The second kappa shape index (κ2) is 5.17. The van der Waals surface area contributed by atoms with Gasteiger partial charge in [0.05, 0.1) is 12.9 Å². The number of hydrogen-bond donors (Lipinski definition) is 5. The summed E-state index contributed by atoms with van der Waals surface area (Å²) in [5.74, 6) is -1.96. The number of imidazole rings is 1. The first kappa shape index (κ1) is 14.4. The van der Waals surface area contributed by atoms with Gasteiger partial charge in [-0.05, 0) is 0 Å². The lowest BCUT2D eigenvalue weighted by Crippen LogP contribution is -2.51. The fourth-order valence-corrected chi connectivity index (χ4v) is 2.01. The van der Waals surface area contributed by atoms with E-state index in [4.69, 9.17) is 16.2 Å². The number of aliphatic hydroxyl groups excluding tert-OH is 3. The molecular weight excluding hydrogens is 272 g/mol. The standard InChI is InChI=1S/C10H14N4O6/c11-8(18)4-5(9(12)19)14(2-13-4)10-7(17)6(16)3(15)1-20-10/h2-3,6-7,10,15-17H,1H2,(H2,11,18)(H2,12,19)/t3-,6+,7+,10+/m0/s1. The average molecular weight is 286 g/mol. The van der Waals surface area contributed by atoms with Crippen molar-refractivity contribution in [2.24, 2.45) is 11.5 Å². The first-order valence-electron chi connectivity index (χ1n) is 5.66. The first-order valence-corrected chi connectivity index (χ1v) is 5.66. The third-order valence-electron chi connectivity index (χ3n) is 3.01. The number of primary amides is 2. The Balaban J connectivity index is 2.43. The Labute approximate surface area is 112 Å². The molecule has 0 spiro atoms. The van der Waals surface area contributed by atoms with Crippen LogP contribution in [-0.4, -0.2) is 61.6 Å². The molecule has 1 aromatic heterocycles. The molecule has 10 nitrogen and oxygen atoms in total. The molecule has 0 aliphatic carbocycles. The van der Waals surface area contributed by atoms with Crippen molar-refractivity contribution in [2.45, 2.75) is 24.5 Å². The number of nitrogens with zero attached hydrogens (tertiary/aromatic N) is 2. The van der Waals surface area contributed by atoms with Crippen molar-refractivity contribution < 1.29 is 29.6 Å². The molecule has 0 radical (unpaired) electrons. The summed E-state index contributed by atoms with van der Waals surface area (Å²) in [5.41, 5.74) is 9.51. The molecule has 2 amide bonds. The Morgan fingerprint density at radius 1 is 1.25 bits per heavy atom. The monoisotopic (exact) mass is 286 g/mol. The number of rotatable bonds is 3. The van der Waals surface area contributed by atoms with E-state index in [9.17, 15) is 24.9 Å². The lowest BCUT2D eigenvalue weighted by Gasteiger charge is -2.36. The van der Waals surface area contributed by atoms with E-state index in [2.05, 4.69) is 4.98 Å². The van der Waals surface area contributed by atoms with Gasteiger partial charge in [0.1, 0.15) is 24.0 Å². The van der Waals surface area contributed by atoms with Crippen LogP contribution >= 0.6 is 0 Å². The highest BCUT2D eigenvalue weighted by atomic mass is 16.5. The maximum absolute atomic E-state index is 11.4. The molecule has 4 atom stereocenters. The van der Waals surface area contributed by atoms with E-state index in [0.717, 1.165) is 10.9 Å². The molecule has 110 valence electrons. The molecule has 10 heteroatoms. The summed E-state index contributed by atoms with van der Waals surface area (Å²) in [7, 11) is 0. The molecule has 1 fully saturated rings. The van der Waals surface area contributed by atoms with Crippen molar-refractivity contribution in [2.75, 3.05) is 6.61 Å². The highest BCUT2D eigenvalue weighted by Gasteiger charge is 2.40.